The quantitative estimate of drug-likeness (QED) is 0.469. The normalized spacial score (nSPS) is 10.6. The first-order valence-electron chi connectivity index (χ1n) is 5.37. The number of hydrogen-bond acceptors (Lipinski definition) is 2. The fraction of sp³-hybridized carbons (Fsp3) is 0. The van der Waals surface area contributed by atoms with E-state index in [1.54, 1.807) is 18.6 Å². The number of rotatable bonds is 1. The van der Waals surface area contributed by atoms with Crippen LogP contribution >= 0.6 is 0 Å². The highest BCUT2D eigenvalue weighted by molar-refractivity contribution is 5.82. The van der Waals surface area contributed by atoms with E-state index in [1.165, 1.54) is 0 Å². The van der Waals surface area contributed by atoms with Gasteiger partial charge >= 0.3 is 0 Å². The van der Waals surface area contributed by atoms with Crippen molar-refractivity contribution >= 4 is 10.8 Å². The van der Waals surface area contributed by atoms with Crippen LogP contribution in [0.5, 0.6) is 0 Å². The number of benzene rings is 1. The van der Waals surface area contributed by atoms with Crippen LogP contribution in [-0.2, 0) is 0 Å². The monoisotopic (exact) mass is 222 g/mol. The molecule has 0 aliphatic carbocycles. The minimum Gasteiger partial charge on any atom is -0.618 e. The van der Waals surface area contributed by atoms with E-state index in [4.69, 9.17) is 0 Å². The SMILES string of the molecule is [O-][n+]1cc2cnccc2cc1-c1ccccc1. The fourth-order valence-electron chi connectivity index (χ4n) is 1.88. The van der Waals surface area contributed by atoms with Gasteiger partial charge in [0.1, 0.15) is 0 Å². The van der Waals surface area contributed by atoms with Crippen LogP contribution in [0.15, 0.2) is 61.1 Å². The molecule has 0 aliphatic rings. The largest absolute Gasteiger partial charge is 0.618 e. The first-order valence-corrected chi connectivity index (χ1v) is 5.37. The Hall–Kier alpha value is -2.42. The fourth-order valence-corrected chi connectivity index (χ4v) is 1.88. The molecule has 0 radical (unpaired) electrons. The van der Waals surface area contributed by atoms with Gasteiger partial charge in [0, 0.05) is 24.0 Å². The molecule has 3 rings (SSSR count). The van der Waals surface area contributed by atoms with Crippen LogP contribution in [0.4, 0.5) is 0 Å². The first kappa shape index (κ1) is 9.78. The molecule has 3 heteroatoms. The molecular weight excluding hydrogens is 212 g/mol. The zero-order valence-corrected chi connectivity index (χ0v) is 9.08. The molecule has 0 amide bonds. The van der Waals surface area contributed by atoms with E-state index in [-0.39, 0.29) is 0 Å². The van der Waals surface area contributed by atoms with E-state index < -0.39 is 0 Å². The Morgan fingerprint density at radius 1 is 1.00 bits per heavy atom. The van der Waals surface area contributed by atoms with Gasteiger partial charge in [-0.3, -0.25) is 4.98 Å². The van der Waals surface area contributed by atoms with Crippen molar-refractivity contribution in [1.82, 2.24) is 4.98 Å². The van der Waals surface area contributed by atoms with Crippen molar-refractivity contribution in [2.24, 2.45) is 0 Å². The van der Waals surface area contributed by atoms with E-state index in [9.17, 15) is 5.21 Å². The molecule has 0 saturated heterocycles. The molecule has 0 unspecified atom stereocenters. The lowest BCUT2D eigenvalue weighted by molar-refractivity contribution is -0.592. The van der Waals surface area contributed by atoms with Crippen LogP contribution in [-0.4, -0.2) is 4.98 Å². The zero-order valence-electron chi connectivity index (χ0n) is 9.08. The second kappa shape index (κ2) is 3.87. The highest BCUT2D eigenvalue weighted by Gasteiger charge is 2.09. The summed E-state index contributed by atoms with van der Waals surface area (Å²) in [6, 6.07) is 13.4. The molecule has 82 valence electrons. The van der Waals surface area contributed by atoms with Crippen molar-refractivity contribution in [1.29, 1.82) is 0 Å². The van der Waals surface area contributed by atoms with Crippen LogP contribution in [0.25, 0.3) is 22.0 Å². The van der Waals surface area contributed by atoms with Crippen molar-refractivity contribution in [2.45, 2.75) is 0 Å². The van der Waals surface area contributed by atoms with Crippen molar-refractivity contribution < 1.29 is 4.73 Å². The molecule has 1 aromatic carbocycles. The van der Waals surface area contributed by atoms with Gasteiger partial charge in [-0.2, -0.15) is 4.73 Å². The average molecular weight is 222 g/mol. The maximum absolute atomic E-state index is 11.9. The molecule has 0 fully saturated rings. The van der Waals surface area contributed by atoms with E-state index >= 15 is 0 Å². The topological polar surface area (TPSA) is 39.8 Å². The van der Waals surface area contributed by atoms with E-state index in [0.29, 0.717) is 5.69 Å². The van der Waals surface area contributed by atoms with Gasteiger partial charge in [-0.05, 0) is 23.6 Å². The molecule has 3 aromatic rings. The molecule has 17 heavy (non-hydrogen) atoms. The van der Waals surface area contributed by atoms with Gasteiger partial charge in [0.2, 0.25) is 5.69 Å². The number of aromatic nitrogens is 2. The third-order valence-electron chi connectivity index (χ3n) is 2.74. The molecule has 0 N–H and O–H groups in total. The van der Waals surface area contributed by atoms with Crippen molar-refractivity contribution in [3.05, 3.63) is 66.3 Å². The Kier molecular flexibility index (Phi) is 2.22. The van der Waals surface area contributed by atoms with Gasteiger partial charge in [-0.25, -0.2) is 0 Å². The highest BCUT2D eigenvalue weighted by Crippen LogP contribution is 2.19. The van der Waals surface area contributed by atoms with E-state index in [2.05, 4.69) is 4.98 Å². The van der Waals surface area contributed by atoms with Crippen LogP contribution < -0.4 is 4.73 Å². The maximum atomic E-state index is 11.9. The molecular formula is C14H10N2O. The third kappa shape index (κ3) is 1.72. The minimum atomic E-state index is 0.657. The van der Waals surface area contributed by atoms with Crippen molar-refractivity contribution in [3.8, 4) is 11.3 Å². The smallest absolute Gasteiger partial charge is 0.224 e. The van der Waals surface area contributed by atoms with Gasteiger partial charge in [0.15, 0.2) is 6.20 Å². The summed E-state index contributed by atoms with van der Waals surface area (Å²) in [6.45, 7) is 0. The summed E-state index contributed by atoms with van der Waals surface area (Å²) in [4.78, 5) is 4.00. The second-order valence-corrected chi connectivity index (χ2v) is 3.86. The first-order chi connectivity index (χ1) is 8.34. The lowest BCUT2D eigenvalue weighted by atomic mass is 10.1. The van der Waals surface area contributed by atoms with Crippen LogP contribution in [0.3, 0.4) is 0 Å². The summed E-state index contributed by atoms with van der Waals surface area (Å²) < 4.78 is 0.888. The Morgan fingerprint density at radius 3 is 2.65 bits per heavy atom. The number of pyridine rings is 2. The molecule has 0 saturated carbocycles. The minimum absolute atomic E-state index is 0.657. The Morgan fingerprint density at radius 2 is 1.82 bits per heavy atom. The van der Waals surface area contributed by atoms with E-state index in [0.717, 1.165) is 21.1 Å². The van der Waals surface area contributed by atoms with Gasteiger partial charge < -0.3 is 5.21 Å². The summed E-state index contributed by atoms with van der Waals surface area (Å²) in [5.74, 6) is 0. The summed E-state index contributed by atoms with van der Waals surface area (Å²) in [7, 11) is 0. The van der Waals surface area contributed by atoms with E-state index in [1.807, 2.05) is 42.5 Å². The van der Waals surface area contributed by atoms with Crippen molar-refractivity contribution in [3.63, 3.8) is 0 Å². The molecule has 0 aliphatic heterocycles. The summed E-state index contributed by atoms with van der Waals surface area (Å²) in [5, 5.41) is 13.8. The van der Waals surface area contributed by atoms with Crippen LogP contribution in [0.1, 0.15) is 0 Å². The lowest BCUT2D eigenvalue weighted by Crippen LogP contribution is -2.28. The lowest BCUT2D eigenvalue weighted by Gasteiger charge is -2.05. The van der Waals surface area contributed by atoms with Gasteiger partial charge in [0.05, 0.1) is 5.39 Å². The predicted octanol–water partition coefficient (Wildman–Crippen LogP) is 2.54. The Labute approximate surface area is 98.6 Å². The Balaban J connectivity index is 2.27. The molecule has 3 nitrogen and oxygen atoms in total. The van der Waals surface area contributed by atoms with Crippen molar-refractivity contribution in [2.75, 3.05) is 0 Å². The predicted molar refractivity (Wildman–Crippen MR) is 66.1 cm³/mol. The summed E-state index contributed by atoms with van der Waals surface area (Å²) >= 11 is 0. The van der Waals surface area contributed by atoms with Gasteiger partial charge in [0.25, 0.3) is 0 Å². The molecule has 2 aromatic heterocycles. The third-order valence-corrected chi connectivity index (χ3v) is 2.74. The molecule has 2 heterocycles. The van der Waals surface area contributed by atoms with Crippen LogP contribution in [0, 0.1) is 5.21 Å². The number of fused-ring (bicyclic) bond motifs is 1. The molecule has 0 bridgehead atoms. The van der Waals surface area contributed by atoms with Crippen LogP contribution in [0.2, 0.25) is 0 Å². The zero-order chi connectivity index (χ0) is 11.7. The molecule has 0 spiro atoms. The average Bonchev–Trinajstić information content (AvgIpc) is 2.39. The van der Waals surface area contributed by atoms with Gasteiger partial charge in [-0.15, -0.1) is 0 Å². The number of hydrogen-bond donors (Lipinski definition) is 0. The highest BCUT2D eigenvalue weighted by atomic mass is 16.5. The number of nitrogens with zero attached hydrogens (tertiary/aromatic N) is 2. The Bertz CT molecular complexity index is 665. The second-order valence-electron chi connectivity index (χ2n) is 3.86. The molecule has 0 atom stereocenters. The van der Waals surface area contributed by atoms with Gasteiger partial charge in [-0.1, -0.05) is 18.2 Å². The summed E-state index contributed by atoms with van der Waals surface area (Å²) in [6.07, 6.45) is 4.98. The summed E-state index contributed by atoms with van der Waals surface area (Å²) in [5.41, 5.74) is 1.57. The maximum Gasteiger partial charge on any atom is 0.224 e. The standard InChI is InChI=1S/C14H10N2O/c17-16-10-13-9-15-7-6-12(13)8-14(16)11-4-2-1-3-5-11/h1-10H.